The van der Waals surface area contributed by atoms with Gasteiger partial charge in [-0.1, -0.05) is 25.7 Å². The molecule has 0 aromatic heterocycles. The number of aliphatic carboxylic acids is 1. The van der Waals surface area contributed by atoms with Gasteiger partial charge in [-0.05, 0) is 43.1 Å². The highest BCUT2D eigenvalue weighted by atomic mass is 32.2. The summed E-state index contributed by atoms with van der Waals surface area (Å²) in [5, 5.41) is 12.4. The van der Waals surface area contributed by atoms with Crippen LogP contribution >= 0.6 is 11.8 Å². The molecule has 1 aliphatic carbocycles. The monoisotopic (exact) mass is 299 g/mol. The maximum atomic E-state index is 12.2. The molecule has 1 amide bonds. The molecule has 0 unspecified atom stereocenters. The number of hydrogen-bond acceptors (Lipinski definition) is 3. The summed E-state index contributed by atoms with van der Waals surface area (Å²) in [6.07, 6.45) is 7.75. The van der Waals surface area contributed by atoms with Crippen LogP contribution in [0.5, 0.6) is 0 Å². The van der Waals surface area contributed by atoms with Crippen molar-refractivity contribution in [1.82, 2.24) is 5.32 Å². The average Bonchev–Trinajstić information content (AvgIpc) is 2.66. The highest BCUT2D eigenvalue weighted by molar-refractivity contribution is 7.99. The third-order valence-electron chi connectivity index (χ3n) is 4.56. The van der Waals surface area contributed by atoms with Gasteiger partial charge < -0.3 is 10.4 Å². The first-order chi connectivity index (χ1) is 9.62. The van der Waals surface area contributed by atoms with Crippen LogP contribution in [0.25, 0.3) is 0 Å². The molecule has 2 N–H and O–H groups in total. The lowest BCUT2D eigenvalue weighted by molar-refractivity contribution is -0.148. The average molecular weight is 299 g/mol. The van der Waals surface area contributed by atoms with E-state index >= 15 is 0 Å². The van der Waals surface area contributed by atoms with Crippen LogP contribution in [0.15, 0.2) is 0 Å². The number of rotatable bonds is 4. The Morgan fingerprint density at radius 2 is 1.70 bits per heavy atom. The fourth-order valence-electron chi connectivity index (χ4n) is 3.26. The summed E-state index contributed by atoms with van der Waals surface area (Å²) in [5.41, 5.74) is -1.00. The zero-order chi connectivity index (χ0) is 14.4. The molecule has 2 aliphatic rings. The van der Waals surface area contributed by atoms with Crippen molar-refractivity contribution in [3.63, 3.8) is 0 Å². The van der Waals surface area contributed by atoms with E-state index in [1.807, 2.05) is 11.8 Å². The molecule has 0 aromatic carbocycles. The fourth-order valence-corrected chi connectivity index (χ4v) is 4.46. The number of thioether (sulfide) groups is 1. The first-order valence-electron chi connectivity index (χ1n) is 7.74. The van der Waals surface area contributed by atoms with E-state index in [4.69, 9.17) is 0 Å². The molecule has 20 heavy (non-hydrogen) atoms. The largest absolute Gasteiger partial charge is 0.480 e. The minimum Gasteiger partial charge on any atom is -0.480 e. The smallest absolute Gasteiger partial charge is 0.329 e. The third-order valence-corrected chi connectivity index (χ3v) is 5.61. The number of nitrogens with one attached hydrogen (secondary N) is 1. The van der Waals surface area contributed by atoms with Crippen LogP contribution in [-0.4, -0.2) is 34.0 Å². The molecule has 1 heterocycles. The van der Waals surface area contributed by atoms with Crippen molar-refractivity contribution < 1.29 is 14.7 Å². The van der Waals surface area contributed by atoms with Gasteiger partial charge in [0, 0.05) is 6.42 Å². The van der Waals surface area contributed by atoms with Gasteiger partial charge in [-0.25, -0.2) is 4.79 Å². The lowest BCUT2D eigenvalue weighted by atomic mass is 9.89. The van der Waals surface area contributed by atoms with Gasteiger partial charge in [-0.3, -0.25) is 4.79 Å². The van der Waals surface area contributed by atoms with Gasteiger partial charge in [0.1, 0.15) is 5.54 Å². The second-order valence-electron chi connectivity index (χ2n) is 6.11. The van der Waals surface area contributed by atoms with Crippen LogP contribution in [-0.2, 0) is 9.59 Å². The zero-order valence-electron chi connectivity index (χ0n) is 12.0. The van der Waals surface area contributed by atoms with Gasteiger partial charge in [0.15, 0.2) is 0 Å². The quantitative estimate of drug-likeness (QED) is 0.783. The van der Waals surface area contributed by atoms with Crippen molar-refractivity contribution in [1.29, 1.82) is 0 Å². The molecule has 1 saturated heterocycles. The molecule has 4 nitrogen and oxygen atoms in total. The topological polar surface area (TPSA) is 66.4 Å². The fraction of sp³-hybridized carbons (Fsp3) is 0.867. The van der Waals surface area contributed by atoms with Gasteiger partial charge in [-0.2, -0.15) is 11.8 Å². The van der Waals surface area contributed by atoms with Gasteiger partial charge in [-0.15, -0.1) is 0 Å². The first-order valence-corrected chi connectivity index (χ1v) is 8.90. The molecule has 1 aliphatic heterocycles. The Kier molecular flexibility index (Phi) is 5.75. The van der Waals surface area contributed by atoms with Crippen LogP contribution < -0.4 is 5.32 Å². The lowest BCUT2D eigenvalue weighted by Gasteiger charge is -2.30. The van der Waals surface area contributed by atoms with E-state index in [-0.39, 0.29) is 5.91 Å². The van der Waals surface area contributed by atoms with E-state index in [0.29, 0.717) is 25.2 Å². The van der Waals surface area contributed by atoms with Crippen molar-refractivity contribution in [3.8, 4) is 0 Å². The molecule has 2 rings (SSSR count). The molecule has 1 saturated carbocycles. The molecular weight excluding hydrogens is 274 g/mol. The van der Waals surface area contributed by atoms with Crippen LogP contribution in [0, 0.1) is 5.92 Å². The molecule has 2 fully saturated rings. The van der Waals surface area contributed by atoms with Crippen molar-refractivity contribution in [2.24, 2.45) is 5.92 Å². The molecule has 0 spiro atoms. The molecule has 0 atom stereocenters. The number of carbonyl (C=O) groups excluding carboxylic acids is 1. The predicted molar refractivity (Wildman–Crippen MR) is 80.9 cm³/mol. The van der Waals surface area contributed by atoms with Gasteiger partial charge >= 0.3 is 5.97 Å². The van der Waals surface area contributed by atoms with Crippen molar-refractivity contribution in [2.75, 3.05) is 11.5 Å². The highest BCUT2D eigenvalue weighted by Gasteiger charge is 2.40. The van der Waals surface area contributed by atoms with Crippen molar-refractivity contribution >= 4 is 23.6 Å². The Hall–Kier alpha value is -0.710. The lowest BCUT2D eigenvalue weighted by Crippen LogP contribution is -2.54. The molecule has 0 bridgehead atoms. The Balaban J connectivity index is 1.92. The van der Waals surface area contributed by atoms with E-state index in [2.05, 4.69) is 5.32 Å². The maximum Gasteiger partial charge on any atom is 0.329 e. The number of carboxylic acid groups (broad SMARTS) is 1. The Morgan fingerprint density at radius 3 is 2.25 bits per heavy atom. The zero-order valence-corrected chi connectivity index (χ0v) is 12.8. The van der Waals surface area contributed by atoms with Gasteiger partial charge in [0.05, 0.1) is 0 Å². The first kappa shape index (κ1) is 15.7. The SMILES string of the molecule is O=C(CC1CCSCC1)NC1(C(=O)O)CCCCCC1. The van der Waals surface area contributed by atoms with E-state index in [9.17, 15) is 14.7 Å². The molecular formula is C15H25NO3S. The van der Waals surface area contributed by atoms with E-state index < -0.39 is 11.5 Å². The van der Waals surface area contributed by atoms with Crippen LogP contribution in [0.2, 0.25) is 0 Å². The van der Waals surface area contributed by atoms with E-state index in [1.54, 1.807) is 0 Å². The van der Waals surface area contributed by atoms with Gasteiger partial charge in [0.25, 0.3) is 0 Å². The molecule has 0 aromatic rings. The predicted octanol–water partition coefficient (Wildman–Crippen LogP) is 2.81. The second kappa shape index (κ2) is 7.34. The van der Waals surface area contributed by atoms with Crippen LogP contribution in [0.4, 0.5) is 0 Å². The van der Waals surface area contributed by atoms with Crippen molar-refractivity contribution in [2.45, 2.75) is 63.3 Å². The number of amides is 1. The number of carboxylic acids is 1. The minimum absolute atomic E-state index is 0.0637. The molecule has 114 valence electrons. The van der Waals surface area contributed by atoms with Crippen LogP contribution in [0.3, 0.4) is 0 Å². The normalized spacial score (nSPS) is 23.8. The summed E-state index contributed by atoms with van der Waals surface area (Å²) in [7, 11) is 0. The summed E-state index contributed by atoms with van der Waals surface area (Å²) in [4.78, 5) is 23.9. The Bertz CT molecular complexity index is 345. The summed E-state index contributed by atoms with van der Waals surface area (Å²) in [6, 6.07) is 0. The maximum absolute atomic E-state index is 12.2. The Morgan fingerprint density at radius 1 is 1.10 bits per heavy atom. The minimum atomic E-state index is -1.00. The second-order valence-corrected chi connectivity index (χ2v) is 7.33. The number of carbonyl (C=O) groups is 2. The summed E-state index contributed by atoms with van der Waals surface area (Å²) in [5.74, 6) is 1.77. The van der Waals surface area contributed by atoms with E-state index in [1.165, 1.54) is 0 Å². The van der Waals surface area contributed by atoms with Gasteiger partial charge in [0.2, 0.25) is 5.91 Å². The molecule has 5 heteroatoms. The highest BCUT2D eigenvalue weighted by Crippen LogP contribution is 2.29. The van der Waals surface area contributed by atoms with Crippen LogP contribution in [0.1, 0.15) is 57.8 Å². The Labute approximate surface area is 125 Å². The molecule has 0 radical (unpaired) electrons. The summed E-state index contributed by atoms with van der Waals surface area (Å²) < 4.78 is 0. The third kappa shape index (κ3) is 4.14. The summed E-state index contributed by atoms with van der Waals surface area (Å²) >= 11 is 1.94. The standard InChI is InChI=1S/C15H25NO3S/c17-13(11-12-5-9-20-10-6-12)16-15(14(18)19)7-3-1-2-4-8-15/h12H,1-11H2,(H,16,17)(H,18,19). The number of hydrogen-bond donors (Lipinski definition) is 2. The summed E-state index contributed by atoms with van der Waals surface area (Å²) in [6.45, 7) is 0. The van der Waals surface area contributed by atoms with E-state index in [0.717, 1.165) is 50.0 Å². The van der Waals surface area contributed by atoms with Crippen molar-refractivity contribution in [3.05, 3.63) is 0 Å².